The number of nitrogens with one attached hydrogen (secondary N) is 2. The molecule has 1 amide bonds. The lowest BCUT2D eigenvalue weighted by atomic mass is 10.0. The van der Waals surface area contributed by atoms with Crippen molar-refractivity contribution in [2.24, 2.45) is 5.92 Å². The van der Waals surface area contributed by atoms with Crippen molar-refractivity contribution in [3.05, 3.63) is 69.8 Å². The Balaban J connectivity index is 1.51. The van der Waals surface area contributed by atoms with Gasteiger partial charge in [-0.05, 0) is 30.0 Å². The van der Waals surface area contributed by atoms with Gasteiger partial charge in [-0.25, -0.2) is 0 Å². The Bertz CT molecular complexity index is 886. The van der Waals surface area contributed by atoms with Crippen molar-refractivity contribution in [2.75, 3.05) is 18.4 Å². The van der Waals surface area contributed by atoms with Gasteiger partial charge in [0.1, 0.15) is 5.69 Å². The van der Waals surface area contributed by atoms with Gasteiger partial charge in [-0.2, -0.15) is 13.2 Å². The number of halogens is 3. The molecular formula is C19H18F3N3O3. The van der Waals surface area contributed by atoms with Crippen LogP contribution in [0.4, 0.5) is 24.5 Å². The summed E-state index contributed by atoms with van der Waals surface area (Å²) in [4.78, 5) is 22.6. The molecule has 2 unspecified atom stereocenters. The van der Waals surface area contributed by atoms with E-state index >= 15 is 0 Å². The average molecular weight is 393 g/mol. The highest BCUT2D eigenvalue weighted by atomic mass is 19.4. The number of rotatable bonds is 7. The number of nitro benzene ring substituents is 1. The van der Waals surface area contributed by atoms with E-state index in [1.165, 1.54) is 24.3 Å². The molecule has 6 nitrogen and oxygen atoms in total. The van der Waals surface area contributed by atoms with E-state index in [1.54, 1.807) is 18.2 Å². The topological polar surface area (TPSA) is 84.3 Å². The summed E-state index contributed by atoms with van der Waals surface area (Å²) in [6, 6.07) is 11.4. The molecule has 1 aliphatic carbocycles. The normalized spacial score (nSPS) is 18.4. The van der Waals surface area contributed by atoms with Gasteiger partial charge in [0.2, 0.25) is 5.91 Å². The molecule has 0 bridgehead atoms. The molecule has 148 valence electrons. The van der Waals surface area contributed by atoms with Crippen molar-refractivity contribution in [1.82, 2.24) is 5.32 Å². The summed E-state index contributed by atoms with van der Waals surface area (Å²) in [6.45, 7) is 0.460. The predicted octanol–water partition coefficient (Wildman–Crippen LogP) is 3.95. The smallest absolute Gasteiger partial charge is 0.378 e. The zero-order valence-corrected chi connectivity index (χ0v) is 14.7. The van der Waals surface area contributed by atoms with E-state index in [-0.39, 0.29) is 30.2 Å². The molecule has 2 aromatic carbocycles. The van der Waals surface area contributed by atoms with Crippen molar-refractivity contribution >= 4 is 17.3 Å². The van der Waals surface area contributed by atoms with Crippen LogP contribution < -0.4 is 10.6 Å². The Morgan fingerprint density at radius 3 is 2.50 bits per heavy atom. The molecule has 9 heteroatoms. The summed E-state index contributed by atoms with van der Waals surface area (Å²) in [6.07, 6.45) is -4.08. The number of para-hydroxylation sites is 2. The van der Waals surface area contributed by atoms with Crippen LogP contribution in [0.1, 0.15) is 23.5 Å². The number of hydrogen-bond acceptors (Lipinski definition) is 4. The fourth-order valence-corrected chi connectivity index (χ4v) is 3.20. The van der Waals surface area contributed by atoms with Crippen LogP contribution in [-0.4, -0.2) is 23.9 Å². The third-order valence-corrected chi connectivity index (χ3v) is 4.63. The zero-order valence-electron chi connectivity index (χ0n) is 14.7. The van der Waals surface area contributed by atoms with Crippen molar-refractivity contribution < 1.29 is 22.9 Å². The first kappa shape index (κ1) is 19.7. The number of nitro groups is 1. The van der Waals surface area contributed by atoms with Gasteiger partial charge in [-0.15, -0.1) is 0 Å². The highest BCUT2D eigenvalue weighted by molar-refractivity contribution is 5.83. The first-order chi connectivity index (χ1) is 13.3. The molecule has 0 heterocycles. The lowest BCUT2D eigenvalue weighted by Crippen LogP contribution is -2.30. The number of benzene rings is 2. The molecule has 3 rings (SSSR count). The molecule has 0 aliphatic heterocycles. The minimum Gasteiger partial charge on any atom is -0.378 e. The molecule has 0 spiro atoms. The van der Waals surface area contributed by atoms with Gasteiger partial charge in [-0.1, -0.05) is 30.3 Å². The van der Waals surface area contributed by atoms with Crippen molar-refractivity contribution in [3.8, 4) is 0 Å². The zero-order chi connectivity index (χ0) is 20.3. The number of nitrogens with zero attached hydrogens (tertiary/aromatic N) is 1. The van der Waals surface area contributed by atoms with Gasteiger partial charge < -0.3 is 10.6 Å². The van der Waals surface area contributed by atoms with E-state index in [4.69, 9.17) is 0 Å². The van der Waals surface area contributed by atoms with Gasteiger partial charge in [0.15, 0.2) is 0 Å². The van der Waals surface area contributed by atoms with Crippen LogP contribution in [-0.2, 0) is 11.0 Å². The number of amides is 1. The summed E-state index contributed by atoms with van der Waals surface area (Å²) in [5, 5.41) is 16.5. The maximum Gasteiger partial charge on any atom is 0.416 e. The Kier molecular flexibility index (Phi) is 5.53. The third-order valence-electron chi connectivity index (χ3n) is 4.63. The standard InChI is InChI=1S/C19H18F3N3O3/c20-19(21,22)15-6-2-1-5-12(15)13-11-14(13)18(26)24-10-9-23-16-7-3-4-8-17(16)25(27)28/h1-8,13-14,23H,9-11H2,(H,24,26). The minimum absolute atomic E-state index is 0.0696. The monoisotopic (exact) mass is 393 g/mol. The Hall–Kier alpha value is -3.10. The Morgan fingerprint density at radius 2 is 1.79 bits per heavy atom. The molecule has 2 N–H and O–H groups in total. The Morgan fingerprint density at radius 1 is 1.11 bits per heavy atom. The van der Waals surface area contributed by atoms with E-state index < -0.39 is 28.5 Å². The van der Waals surface area contributed by atoms with Gasteiger partial charge in [0, 0.05) is 25.1 Å². The van der Waals surface area contributed by atoms with Gasteiger partial charge >= 0.3 is 6.18 Å². The summed E-state index contributed by atoms with van der Waals surface area (Å²) in [5.41, 5.74) is -0.286. The number of carbonyl (C=O) groups is 1. The molecule has 0 aromatic heterocycles. The average Bonchev–Trinajstić information content (AvgIpc) is 3.45. The first-order valence-corrected chi connectivity index (χ1v) is 8.70. The second-order valence-electron chi connectivity index (χ2n) is 6.53. The predicted molar refractivity (Wildman–Crippen MR) is 96.9 cm³/mol. The number of carbonyl (C=O) groups excluding carboxylic acids is 1. The largest absolute Gasteiger partial charge is 0.416 e. The van der Waals surface area contributed by atoms with Crippen LogP contribution >= 0.6 is 0 Å². The molecule has 28 heavy (non-hydrogen) atoms. The van der Waals surface area contributed by atoms with Crippen molar-refractivity contribution in [3.63, 3.8) is 0 Å². The highest BCUT2D eigenvalue weighted by Crippen LogP contribution is 2.50. The van der Waals surface area contributed by atoms with Crippen LogP contribution in [0.5, 0.6) is 0 Å². The quantitative estimate of drug-likeness (QED) is 0.424. The summed E-state index contributed by atoms with van der Waals surface area (Å²) < 4.78 is 39.3. The van der Waals surface area contributed by atoms with Crippen LogP contribution in [0.25, 0.3) is 0 Å². The van der Waals surface area contributed by atoms with Crippen LogP contribution in [0, 0.1) is 16.0 Å². The number of hydrogen-bond donors (Lipinski definition) is 2. The highest BCUT2D eigenvalue weighted by Gasteiger charge is 2.47. The summed E-state index contributed by atoms with van der Waals surface area (Å²) >= 11 is 0. The third kappa shape index (κ3) is 4.41. The molecule has 0 radical (unpaired) electrons. The fourth-order valence-electron chi connectivity index (χ4n) is 3.20. The van der Waals surface area contributed by atoms with E-state index in [1.807, 2.05) is 0 Å². The van der Waals surface area contributed by atoms with E-state index in [0.29, 0.717) is 12.1 Å². The summed E-state index contributed by atoms with van der Waals surface area (Å²) in [7, 11) is 0. The van der Waals surface area contributed by atoms with E-state index in [9.17, 15) is 28.1 Å². The van der Waals surface area contributed by atoms with E-state index in [0.717, 1.165) is 6.07 Å². The maximum atomic E-state index is 13.1. The second kappa shape index (κ2) is 7.87. The van der Waals surface area contributed by atoms with Crippen molar-refractivity contribution in [1.29, 1.82) is 0 Å². The maximum absolute atomic E-state index is 13.1. The molecule has 1 saturated carbocycles. The lowest BCUT2D eigenvalue weighted by molar-refractivity contribution is -0.384. The number of alkyl halides is 3. The first-order valence-electron chi connectivity index (χ1n) is 8.70. The minimum atomic E-state index is -4.45. The van der Waals surface area contributed by atoms with Crippen molar-refractivity contribution in [2.45, 2.75) is 18.5 Å². The molecule has 1 aliphatic rings. The molecule has 2 aromatic rings. The van der Waals surface area contributed by atoms with Crippen LogP contribution in [0.2, 0.25) is 0 Å². The van der Waals surface area contributed by atoms with Crippen LogP contribution in [0.3, 0.4) is 0 Å². The lowest BCUT2D eigenvalue weighted by Gasteiger charge is -2.12. The second-order valence-corrected chi connectivity index (χ2v) is 6.53. The number of anilines is 1. The summed E-state index contributed by atoms with van der Waals surface area (Å²) in [5.74, 6) is -1.25. The van der Waals surface area contributed by atoms with Gasteiger partial charge in [0.25, 0.3) is 5.69 Å². The Labute approximate surface area is 158 Å². The molecule has 2 atom stereocenters. The SMILES string of the molecule is O=C(NCCNc1ccccc1[N+](=O)[O-])C1CC1c1ccccc1C(F)(F)F. The van der Waals surface area contributed by atoms with E-state index in [2.05, 4.69) is 10.6 Å². The van der Waals surface area contributed by atoms with Gasteiger partial charge in [-0.3, -0.25) is 14.9 Å². The molecule has 0 saturated heterocycles. The molecular weight excluding hydrogens is 375 g/mol. The van der Waals surface area contributed by atoms with Gasteiger partial charge in [0.05, 0.1) is 10.5 Å². The fraction of sp³-hybridized carbons (Fsp3) is 0.316. The van der Waals surface area contributed by atoms with Crippen LogP contribution in [0.15, 0.2) is 48.5 Å². The molecule has 1 fully saturated rings.